The lowest BCUT2D eigenvalue weighted by Gasteiger charge is -2.11. The third-order valence-electron chi connectivity index (χ3n) is 3.74. The van der Waals surface area contributed by atoms with Crippen LogP contribution in [-0.4, -0.2) is 15.2 Å². The summed E-state index contributed by atoms with van der Waals surface area (Å²) < 4.78 is 13.2. The molecule has 0 saturated heterocycles. The third kappa shape index (κ3) is 2.79. The number of nitrogen functional groups attached to an aromatic ring is 1. The number of rotatable bonds is 2. The van der Waals surface area contributed by atoms with Crippen molar-refractivity contribution in [2.24, 2.45) is 0 Å². The van der Waals surface area contributed by atoms with Crippen molar-refractivity contribution in [3.05, 3.63) is 58.9 Å². The van der Waals surface area contributed by atoms with Crippen molar-refractivity contribution in [3.63, 3.8) is 0 Å². The van der Waals surface area contributed by atoms with Gasteiger partial charge in [0.15, 0.2) is 0 Å². The maximum Gasteiger partial charge on any atom is 0.240 e. The fourth-order valence-corrected chi connectivity index (χ4v) is 2.62. The minimum Gasteiger partial charge on any atom is -0.366 e. The Morgan fingerprint density at radius 3 is 2.17 bits per heavy atom. The van der Waals surface area contributed by atoms with Crippen LogP contribution in [-0.2, 0) is 0 Å². The fraction of sp³-hybridized carbons (Fsp3) is 0.111. The van der Waals surface area contributed by atoms with Crippen molar-refractivity contribution in [3.8, 4) is 28.6 Å². The number of halogens is 1. The predicted molar refractivity (Wildman–Crippen MR) is 89.3 cm³/mol. The first kappa shape index (κ1) is 15.6. The van der Waals surface area contributed by atoms with E-state index in [1.807, 2.05) is 26.0 Å². The molecule has 0 spiro atoms. The summed E-state index contributed by atoms with van der Waals surface area (Å²) >= 11 is 0. The molecule has 0 aliphatic heterocycles. The molecule has 0 atom stereocenters. The van der Waals surface area contributed by atoms with Crippen LogP contribution in [0.2, 0.25) is 0 Å². The highest BCUT2D eigenvalue weighted by Gasteiger charge is 2.15. The van der Waals surface area contributed by atoms with Crippen LogP contribution in [0.4, 0.5) is 10.3 Å². The molecule has 0 radical (unpaired) electrons. The number of hydrogen-bond acceptors (Lipinski definition) is 5. The van der Waals surface area contributed by atoms with Crippen LogP contribution in [0.3, 0.4) is 0 Å². The maximum atomic E-state index is 13.2. The zero-order chi connectivity index (χ0) is 17.3. The molecule has 118 valence electrons. The molecule has 5 nitrogen and oxygen atoms in total. The number of nitriles is 1. The minimum absolute atomic E-state index is 0.0418. The van der Waals surface area contributed by atoms with Gasteiger partial charge in [-0.05, 0) is 61.4 Å². The second-order valence-corrected chi connectivity index (χ2v) is 5.47. The van der Waals surface area contributed by atoms with Gasteiger partial charge in [0.05, 0.1) is 11.6 Å². The van der Waals surface area contributed by atoms with Crippen LogP contribution in [0.15, 0.2) is 36.4 Å². The Morgan fingerprint density at radius 2 is 1.58 bits per heavy atom. The molecular formula is C18H14FN5. The van der Waals surface area contributed by atoms with E-state index in [0.29, 0.717) is 22.5 Å². The van der Waals surface area contributed by atoms with Crippen LogP contribution in [0.25, 0.3) is 22.5 Å². The normalized spacial score (nSPS) is 10.4. The lowest BCUT2D eigenvalue weighted by Crippen LogP contribution is -2.03. The summed E-state index contributed by atoms with van der Waals surface area (Å²) in [5, 5.41) is 17.2. The second-order valence-electron chi connectivity index (χ2n) is 5.47. The zero-order valence-electron chi connectivity index (χ0n) is 13.2. The van der Waals surface area contributed by atoms with E-state index < -0.39 is 0 Å². The molecule has 24 heavy (non-hydrogen) atoms. The van der Waals surface area contributed by atoms with Crippen molar-refractivity contribution >= 4 is 5.95 Å². The van der Waals surface area contributed by atoms with Gasteiger partial charge in [-0.15, -0.1) is 10.2 Å². The summed E-state index contributed by atoms with van der Waals surface area (Å²) in [5.41, 5.74) is 10.5. The largest absolute Gasteiger partial charge is 0.366 e. The van der Waals surface area contributed by atoms with E-state index in [-0.39, 0.29) is 11.8 Å². The molecule has 6 heteroatoms. The Hall–Kier alpha value is -3.33. The summed E-state index contributed by atoms with van der Waals surface area (Å²) in [6.07, 6.45) is 0. The molecule has 0 bridgehead atoms. The third-order valence-corrected chi connectivity index (χ3v) is 3.74. The molecule has 0 fully saturated rings. The number of aromatic nitrogens is 3. The molecule has 2 N–H and O–H groups in total. The number of anilines is 1. The summed E-state index contributed by atoms with van der Waals surface area (Å²) in [7, 11) is 0. The van der Waals surface area contributed by atoms with Gasteiger partial charge in [-0.1, -0.05) is 0 Å². The van der Waals surface area contributed by atoms with E-state index in [9.17, 15) is 9.65 Å². The van der Waals surface area contributed by atoms with Gasteiger partial charge in [-0.2, -0.15) is 5.26 Å². The van der Waals surface area contributed by atoms with E-state index >= 15 is 0 Å². The lowest BCUT2D eigenvalue weighted by molar-refractivity contribution is 0.628. The highest BCUT2D eigenvalue weighted by Crippen LogP contribution is 2.31. The summed E-state index contributed by atoms with van der Waals surface area (Å²) in [5.74, 6) is -0.291. The number of nitrogens with zero attached hydrogens (tertiary/aromatic N) is 4. The number of nitrogens with two attached hydrogens (primary N) is 1. The Balaban J connectivity index is 2.23. The Bertz CT molecular complexity index is 935. The van der Waals surface area contributed by atoms with Gasteiger partial charge in [0, 0.05) is 11.1 Å². The van der Waals surface area contributed by atoms with Crippen LogP contribution >= 0.6 is 0 Å². The van der Waals surface area contributed by atoms with Gasteiger partial charge in [0.25, 0.3) is 0 Å². The molecule has 2 aromatic carbocycles. The van der Waals surface area contributed by atoms with Crippen molar-refractivity contribution < 1.29 is 4.39 Å². The maximum absolute atomic E-state index is 13.2. The van der Waals surface area contributed by atoms with E-state index in [2.05, 4.69) is 21.3 Å². The van der Waals surface area contributed by atoms with Crippen molar-refractivity contribution in [2.75, 3.05) is 5.73 Å². The zero-order valence-corrected chi connectivity index (χ0v) is 13.2. The highest BCUT2D eigenvalue weighted by molar-refractivity contribution is 5.79. The summed E-state index contributed by atoms with van der Waals surface area (Å²) in [6.45, 7) is 3.73. The first-order chi connectivity index (χ1) is 11.5. The van der Waals surface area contributed by atoms with Crippen LogP contribution in [0.1, 0.15) is 16.7 Å². The van der Waals surface area contributed by atoms with Gasteiger partial charge in [0.2, 0.25) is 5.95 Å². The lowest BCUT2D eigenvalue weighted by atomic mass is 9.96. The average Bonchev–Trinajstić information content (AvgIpc) is 2.55. The molecule has 0 aliphatic carbocycles. The van der Waals surface area contributed by atoms with Gasteiger partial charge < -0.3 is 5.73 Å². The quantitative estimate of drug-likeness (QED) is 0.782. The van der Waals surface area contributed by atoms with Crippen LogP contribution in [0.5, 0.6) is 0 Å². The monoisotopic (exact) mass is 319 g/mol. The summed E-state index contributed by atoms with van der Waals surface area (Å²) in [4.78, 5) is 4.27. The van der Waals surface area contributed by atoms with Crippen molar-refractivity contribution in [1.82, 2.24) is 15.2 Å². The van der Waals surface area contributed by atoms with E-state index in [4.69, 9.17) is 5.73 Å². The number of aryl methyl sites for hydroxylation is 2. The number of hydrogen-bond donors (Lipinski definition) is 1. The van der Waals surface area contributed by atoms with E-state index in [0.717, 1.165) is 16.7 Å². The van der Waals surface area contributed by atoms with Crippen LogP contribution in [0, 0.1) is 31.0 Å². The number of benzene rings is 2. The molecule has 0 amide bonds. The predicted octanol–water partition coefficient (Wildman–Crippen LogP) is 3.42. The topological polar surface area (TPSA) is 88.5 Å². The van der Waals surface area contributed by atoms with E-state index in [1.54, 1.807) is 12.1 Å². The minimum atomic E-state index is -0.333. The SMILES string of the molecule is Cc1cc(-c2nnc(N)nc2-c2ccc(F)cc2)cc(C)c1C#N. The molecule has 0 saturated carbocycles. The van der Waals surface area contributed by atoms with Gasteiger partial charge in [0.1, 0.15) is 17.2 Å². The van der Waals surface area contributed by atoms with Crippen LogP contribution < -0.4 is 5.73 Å². The second kappa shape index (κ2) is 6.05. The van der Waals surface area contributed by atoms with Crippen molar-refractivity contribution in [1.29, 1.82) is 5.26 Å². The first-order valence-electron chi connectivity index (χ1n) is 7.27. The molecule has 3 aromatic rings. The molecule has 0 unspecified atom stereocenters. The first-order valence-corrected chi connectivity index (χ1v) is 7.27. The molecule has 3 rings (SSSR count). The smallest absolute Gasteiger partial charge is 0.240 e. The molecule has 1 aromatic heterocycles. The van der Waals surface area contributed by atoms with Crippen molar-refractivity contribution in [2.45, 2.75) is 13.8 Å². The van der Waals surface area contributed by atoms with Gasteiger partial charge in [-0.3, -0.25) is 0 Å². The van der Waals surface area contributed by atoms with Gasteiger partial charge in [-0.25, -0.2) is 9.37 Å². The average molecular weight is 319 g/mol. The Labute approximate surface area is 138 Å². The molecule has 0 aliphatic rings. The Kier molecular flexibility index (Phi) is 3.92. The van der Waals surface area contributed by atoms with Gasteiger partial charge >= 0.3 is 0 Å². The summed E-state index contributed by atoms with van der Waals surface area (Å²) in [6, 6.07) is 11.9. The van der Waals surface area contributed by atoms with E-state index in [1.165, 1.54) is 12.1 Å². The molecule has 1 heterocycles. The standard InChI is InChI=1S/C18H14FN5/c1-10-7-13(8-11(2)15(10)9-20)17-16(22-18(21)24-23-17)12-3-5-14(19)6-4-12/h3-8H,1-2H3,(H2,21,22,24). The fourth-order valence-electron chi connectivity index (χ4n) is 2.62. The molecular weight excluding hydrogens is 305 g/mol. The highest BCUT2D eigenvalue weighted by atomic mass is 19.1. The Morgan fingerprint density at radius 1 is 0.958 bits per heavy atom.